The SMILES string of the molecule is Nc1cnc(Sc2ccc3c(c2)CCC3)c(Br)c1. The Morgan fingerprint density at radius 1 is 1.17 bits per heavy atom. The van der Waals surface area contributed by atoms with Crippen molar-refractivity contribution in [3.63, 3.8) is 0 Å². The first kappa shape index (κ1) is 12.1. The molecule has 1 aliphatic carbocycles. The van der Waals surface area contributed by atoms with Crippen molar-refractivity contribution in [2.45, 2.75) is 29.2 Å². The number of benzene rings is 1. The Balaban J connectivity index is 1.88. The van der Waals surface area contributed by atoms with Gasteiger partial charge in [0.25, 0.3) is 0 Å². The predicted molar refractivity (Wildman–Crippen MR) is 78.9 cm³/mol. The molecule has 1 aromatic carbocycles. The number of fused-ring (bicyclic) bond motifs is 1. The number of aromatic nitrogens is 1. The second-order valence-electron chi connectivity index (χ2n) is 4.44. The molecule has 1 aromatic heterocycles. The average molecular weight is 321 g/mol. The lowest BCUT2D eigenvalue weighted by molar-refractivity contribution is 0.911. The van der Waals surface area contributed by atoms with E-state index >= 15 is 0 Å². The van der Waals surface area contributed by atoms with Gasteiger partial charge in [-0.2, -0.15) is 0 Å². The van der Waals surface area contributed by atoms with E-state index in [1.54, 1.807) is 18.0 Å². The van der Waals surface area contributed by atoms with Gasteiger partial charge < -0.3 is 5.73 Å². The third-order valence-corrected chi connectivity index (χ3v) is 4.99. The number of anilines is 1. The summed E-state index contributed by atoms with van der Waals surface area (Å²) in [6.07, 6.45) is 5.41. The number of hydrogen-bond donors (Lipinski definition) is 1. The minimum atomic E-state index is 0.681. The molecule has 2 N–H and O–H groups in total. The molecule has 3 rings (SSSR count). The lowest BCUT2D eigenvalue weighted by Gasteiger charge is -2.06. The highest BCUT2D eigenvalue weighted by Crippen LogP contribution is 2.34. The van der Waals surface area contributed by atoms with Crippen LogP contribution in [-0.2, 0) is 12.8 Å². The first-order valence-corrected chi connectivity index (χ1v) is 7.54. The fourth-order valence-electron chi connectivity index (χ4n) is 2.24. The third kappa shape index (κ3) is 2.40. The summed E-state index contributed by atoms with van der Waals surface area (Å²) < 4.78 is 0.952. The summed E-state index contributed by atoms with van der Waals surface area (Å²) >= 11 is 5.18. The largest absolute Gasteiger partial charge is 0.397 e. The van der Waals surface area contributed by atoms with E-state index in [9.17, 15) is 0 Å². The molecule has 0 bridgehead atoms. The zero-order valence-corrected chi connectivity index (χ0v) is 12.2. The Kier molecular flexibility index (Phi) is 3.31. The molecule has 0 unspecified atom stereocenters. The Morgan fingerprint density at radius 3 is 2.83 bits per heavy atom. The van der Waals surface area contributed by atoms with Gasteiger partial charge in [-0.3, -0.25) is 0 Å². The van der Waals surface area contributed by atoms with E-state index in [4.69, 9.17) is 5.73 Å². The van der Waals surface area contributed by atoms with Crippen LogP contribution in [-0.4, -0.2) is 4.98 Å². The summed E-state index contributed by atoms with van der Waals surface area (Å²) in [7, 11) is 0. The van der Waals surface area contributed by atoms with E-state index in [1.165, 1.54) is 35.3 Å². The van der Waals surface area contributed by atoms with Crippen LogP contribution < -0.4 is 5.73 Å². The molecule has 0 aliphatic heterocycles. The van der Waals surface area contributed by atoms with Gasteiger partial charge in [-0.05, 0) is 64.5 Å². The number of hydrogen-bond acceptors (Lipinski definition) is 3. The number of nitrogens with zero attached hydrogens (tertiary/aromatic N) is 1. The maximum absolute atomic E-state index is 5.69. The van der Waals surface area contributed by atoms with E-state index in [2.05, 4.69) is 39.1 Å². The van der Waals surface area contributed by atoms with Crippen LogP contribution in [0.1, 0.15) is 17.5 Å². The monoisotopic (exact) mass is 320 g/mol. The molecule has 0 saturated carbocycles. The molecule has 92 valence electrons. The normalized spacial score (nSPS) is 13.6. The van der Waals surface area contributed by atoms with Gasteiger partial charge in [0.15, 0.2) is 0 Å². The van der Waals surface area contributed by atoms with Crippen LogP contribution >= 0.6 is 27.7 Å². The van der Waals surface area contributed by atoms with Crippen LogP contribution in [0.25, 0.3) is 0 Å². The molecule has 18 heavy (non-hydrogen) atoms. The van der Waals surface area contributed by atoms with E-state index in [0.717, 1.165) is 9.50 Å². The number of nitrogens with two attached hydrogens (primary N) is 1. The van der Waals surface area contributed by atoms with Gasteiger partial charge in [-0.1, -0.05) is 17.8 Å². The summed E-state index contributed by atoms with van der Waals surface area (Å²) in [6, 6.07) is 8.61. The molecule has 0 saturated heterocycles. The van der Waals surface area contributed by atoms with Crippen molar-refractivity contribution in [3.8, 4) is 0 Å². The van der Waals surface area contributed by atoms with Crippen LogP contribution in [0.5, 0.6) is 0 Å². The first-order chi connectivity index (χ1) is 8.72. The summed E-state index contributed by atoms with van der Waals surface area (Å²) in [4.78, 5) is 5.60. The quantitative estimate of drug-likeness (QED) is 0.906. The fraction of sp³-hybridized carbons (Fsp3) is 0.214. The molecule has 1 heterocycles. The van der Waals surface area contributed by atoms with E-state index in [0.29, 0.717) is 5.69 Å². The van der Waals surface area contributed by atoms with Crippen LogP contribution in [0.3, 0.4) is 0 Å². The van der Waals surface area contributed by atoms with Crippen molar-refractivity contribution in [1.82, 2.24) is 4.98 Å². The van der Waals surface area contributed by atoms with Crippen molar-refractivity contribution < 1.29 is 0 Å². The molecule has 1 aliphatic rings. The van der Waals surface area contributed by atoms with Gasteiger partial charge >= 0.3 is 0 Å². The standard InChI is InChI=1S/C14H13BrN2S/c15-13-7-11(16)8-17-14(13)18-12-5-4-9-2-1-3-10(9)6-12/h4-8H,1-3,16H2. The smallest absolute Gasteiger partial charge is 0.115 e. The number of nitrogen functional groups attached to an aromatic ring is 1. The van der Waals surface area contributed by atoms with Crippen molar-refractivity contribution in [3.05, 3.63) is 46.1 Å². The van der Waals surface area contributed by atoms with Gasteiger partial charge in [0.05, 0.1) is 16.4 Å². The second-order valence-corrected chi connectivity index (χ2v) is 6.36. The van der Waals surface area contributed by atoms with Gasteiger partial charge in [0, 0.05) is 4.90 Å². The lowest BCUT2D eigenvalue weighted by Crippen LogP contribution is -1.89. The third-order valence-electron chi connectivity index (χ3n) is 3.11. The molecule has 0 atom stereocenters. The number of aryl methyl sites for hydroxylation is 2. The minimum absolute atomic E-state index is 0.681. The average Bonchev–Trinajstić information content (AvgIpc) is 2.80. The van der Waals surface area contributed by atoms with Crippen molar-refractivity contribution in [1.29, 1.82) is 0 Å². The molecular weight excluding hydrogens is 308 g/mol. The van der Waals surface area contributed by atoms with Crippen LogP contribution in [0.4, 0.5) is 5.69 Å². The zero-order valence-electron chi connectivity index (χ0n) is 9.82. The van der Waals surface area contributed by atoms with Gasteiger partial charge in [-0.25, -0.2) is 4.98 Å². The summed E-state index contributed by atoms with van der Waals surface area (Å²) in [5, 5.41) is 0.960. The first-order valence-electron chi connectivity index (χ1n) is 5.93. The van der Waals surface area contributed by atoms with Crippen molar-refractivity contribution in [2.24, 2.45) is 0 Å². The Morgan fingerprint density at radius 2 is 2.00 bits per heavy atom. The van der Waals surface area contributed by atoms with Crippen molar-refractivity contribution in [2.75, 3.05) is 5.73 Å². The highest BCUT2D eigenvalue weighted by atomic mass is 79.9. The highest BCUT2D eigenvalue weighted by Gasteiger charge is 2.12. The summed E-state index contributed by atoms with van der Waals surface area (Å²) in [5.74, 6) is 0. The minimum Gasteiger partial charge on any atom is -0.397 e. The number of pyridine rings is 1. The maximum Gasteiger partial charge on any atom is 0.115 e. The molecular formula is C14H13BrN2S. The van der Waals surface area contributed by atoms with Gasteiger partial charge in [0.1, 0.15) is 5.03 Å². The highest BCUT2D eigenvalue weighted by molar-refractivity contribution is 9.10. The van der Waals surface area contributed by atoms with E-state index in [-0.39, 0.29) is 0 Å². The molecule has 0 fully saturated rings. The summed E-state index contributed by atoms with van der Waals surface area (Å²) in [6.45, 7) is 0. The Hall–Kier alpha value is -1.00. The molecule has 0 amide bonds. The Labute approximate surface area is 119 Å². The van der Waals surface area contributed by atoms with E-state index in [1.807, 2.05) is 6.07 Å². The predicted octanol–water partition coefficient (Wildman–Crippen LogP) is 4.07. The lowest BCUT2D eigenvalue weighted by atomic mass is 10.1. The van der Waals surface area contributed by atoms with Crippen molar-refractivity contribution >= 4 is 33.4 Å². The topological polar surface area (TPSA) is 38.9 Å². The molecule has 0 spiro atoms. The second kappa shape index (κ2) is 4.94. The molecule has 2 aromatic rings. The number of halogens is 1. The summed E-state index contributed by atoms with van der Waals surface area (Å²) in [5.41, 5.74) is 9.37. The maximum atomic E-state index is 5.69. The molecule has 0 radical (unpaired) electrons. The van der Waals surface area contributed by atoms with Crippen LogP contribution in [0.15, 0.2) is 44.9 Å². The van der Waals surface area contributed by atoms with Crippen LogP contribution in [0, 0.1) is 0 Å². The van der Waals surface area contributed by atoms with Gasteiger partial charge in [0.2, 0.25) is 0 Å². The van der Waals surface area contributed by atoms with Crippen LogP contribution in [0.2, 0.25) is 0 Å². The fourth-order valence-corrected chi connectivity index (χ4v) is 3.67. The Bertz CT molecular complexity index is 598. The molecule has 4 heteroatoms. The molecule has 2 nitrogen and oxygen atoms in total. The van der Waals surface area contributed by atoms with Gasteiger partial charge in [-0.15, -0.1) is 0 Å². The zero-order chi connectivity index (χ0) is 12.5. The number of rotatable bonds is 2. The van der Waals surface area contributed by atoms with E-state index < -0.39 is 0 Å².